The summed E-state index contributed by atoms with van der Waals surface area (Å²) < 4.78 is 0. The van der Waals surface area contributed by atoms with E-state index in [1.54, 1.807) is 0 Å². The third-order valence-corrected chi connectivity index (χ3v) is 5.14. The first-order chi connectivity index (χ1) is 11.7. The van der Waals surface area contributed by atoms with Crippen LogP contribution < -0.4 is 5.32 Å². The molecule has 1 aliphatic rings. The molecule has 0 aliphatic heterocycles. The van der Waals surface area contributed by atoms with Gasteiger partial charge in [0, 0.05) is 18.0 Å². The van der Waals surface area contributed by atoms with Gasteiger partial charge in [-0.1, -0.05) is 40.0 Å². The van der Waals surface area contributed by atoms with Crippen molar-refractivity contribution in [2.24, 2.45) is 5.92 Å². The number of aromatic hydroxyl groups is 1. The second kappa shape index (κ2) is 8.22. The first-order valence-corrected chi connectivity index (χ1v) is 9.50. The van der Waals surface area contributed by atoms with Crippen LogP contribution in [0.25, 0.3) is 0 Å². The molecule has 0 aromatic heterocycles. The van der Waals surface area contributed by atoms with Crippen LogP contribution in [0.1, 0.15) is 74.4 Å². The van der Waals surface area contributed by atoms with Gasteiger partial charge in [-0.05, 0) is 36.0 Å². The van der Waals surface area contributed by atoms with E-state index in [2.05, 4.69) is 26.1 Å². The lowest BCUT2D eigenvalue weighted by Crippen LogP contribution is -2.25. The zero-order valence-electron chi connectivity index (χ0n) is 15.3. The molecule has 5 heteroatoms. The van der Waals surface area contributed by atoms with Crippen molar-refractivity contribution in [3.05, 3.63) is 28.8 Å². The Morgan fingerprint density at radius 3 is 2.40 bits per heavy atom. The molecule has 0 saturated heterocycles. The number of hydrogen-bond donors (Lipinski definition) is 2. The van der Waals surface area contributed by atoms with Crippen molar-refractivity contribution < 1.29 is 14.7 Å². The first kappa shape index (κ1) is 19.8. The minimum atomic E-state index is -0.303. The smallest absolute Gasteiger partial charge is 0.235 e. The highest BCUT2D eigenvalue weighted by Crippen LogP contribution is 2.35. The fourth-order valence-electron chi connectivity index (χ4n) is 3.28. The Morgan fingerprint density at radius 2 is 1.84 bits per heavy atom. The van der Waals surface area contributed by atoms with E-state index in [9.17, 15) is 14.7 Å². The predicted molar refractivity (Wildman–Crippen MR) is 100 cm³/mol. The zero-order valence-corrected chi connectivity index (χ0v) is 16.1. The number of ketones is 1. The summed E-state index contributed by atoms with van der Waals surface area (Å²) in [5.41, 5.74) is 1.75. The monoisotopic (exact) mass is 365 g/mol. The van der Waals surface area contributed by atoms with E-state index in [1.807, 2.05) is 12.1 Å². The van der Waals surface area contributed by atoms with Gasteiger partial charge in [0.25, 0.3) is 0 Å². The summed E-state index contributed by atoms with van der Waals surface area (Å²) in [6, 6.07) is 3.68. The molecule has 0 bridgehead atoms. The van der Waals surface area contributed by atoms with E-state index in [0.29, 0.717) is 11.1 Å². The standard InChI is InChI=1S/C20H28ClNO3/c1-20(2,3)15-9-14(12-22-17(23)11-21)19(25)16(10-15)18(24)13-7-5-4-6-8-13/h9-10,13,25H,4-8,11-12H2,1-3H3,(H,22,23). The van der Waals surface area contributed by atoms with Gasteiger partial charge in [-0.3, -0.25) is 9.59 Å². The molecule has 0 radical (unpaired) electrons. The molecule has 0 spiro atoms. The first-order valence-electron chi connectivity index (χ1n) is 8.97. The lowest BCUT2D eigenvalue weighted by atomic mass is 9.80. The van der Waals surface area contributed by atoms with Crippen molar-refractivity contribution in [1.29, 1.82) is 0 Å². The number of hydrogen-bond acceptors (Lipinski definition) is 3. The minimum absolute atomic E-state index is 0.0137. The van der Waals surface area contributed by atoms with Gasteiger partial charge in [0.2, 0.25) is 5.91 Å². The Morgan fingerprint density at radius 1 is 1.20 bits per heavy atom. The lowest BCUT2D eigenvalue weighted by molar-refractivity contribution is -0.118. The van der Waals surface area contributed by atoms with Crippen LogP contribution in [0, 0.1) is 5.92 Å². The third-order valence-electron chi connectivity index (χ3n) is 4.89. The number of benzene rings is 1. The van der Waals surface area contributed by atoms with Crippen LogP contribution in [-0.4, -0.2) is 22.7 Å². The molecule has 1 aromatic rings. The van der Waals surface area contributed by atoms with E-state index in [0.717, 1.165) is 31.2 Å². The van der Waals surface area contributed by atoms with Crippen molar-refractivity contribution in [1.82, 2.24) is 5.32 Å². The van der Waals surface area contributed by atoms with Gasteiger partial charge in [0.1, 0.15) is 11.6 Å². The second-order valence-corrected chi connectivity index (χ2v) is 8.16. The number of alkyl halides is 1. The van der Waals surface area contributed by atoms with Crippen LogP contribution in [0.3, 0.4) is 0 Å². The SMILES string of the molecule is CC(C)(C)c1cc(CNC(=O)CCl)c(O)c(C(=O)C2CCCCC2)c1. The van der Waals surface area contributed by atoms with E-state index < -0.39 is 0 Å². The normalized spacial score (nSPS) is 15.8. The van der Waals surface area contributed by atoms with Crippen molar-refractivity contribution >= 4 is 23.3 Å². The molecular weight excluding hydrogens is 338 g/mol. The molecule has 1 aromatic carbocycles. The Bertz CT molecular complexity index is 643. The van der Waals surface area contributed by atoms with Gasteiger partial charge in [-0.15, -0.1) is 11.6 Å². The summed E-state index contributed by atoms with van der Waals surface area (Å²) in [6.45, 7) is 6.35. The maximum absolute atomic E-state index is 13.0. The van der Waals surface area contributed by atoms with Gasteiger partial charge < -0.3 is 10.4 Å². The summed E-state index contributed by atoms with van der Waals surface area (Å²) in [4.78, 5) is 24.4. The number of carbonyl (C=O) groups is 2. The quantitative estimate of drug-likeness (QED) is 0.603. The molecule has 1 aliphatic carbocycles. The highest BCUT2D eigenvalue weighted by atomic mass is 35.5. The number of carbonyl (C=O) groups excluding carboxylic acids is 2. The van der Waals surface area contributed by atoms with Gasteiger partial charge in [0.05, 0.1) is 5.56 Å². The predicted octanol–water partition coefficient (Wildman–Crippen LogP) is 4.31. The summed E-state index contributed by atoms with van der Waals surface area (Å²) in [7, 11) is 0. The molecule has 1 fully saturated rings. The minimum Gasteiger partial charge on any atom is -0.507 e. The number of amides is 1. The van der Waals surface area contributed by atoms with E-state index in [4.69, 9.17) is 11.6 Å². The molecule has 1 saturated carbocycles. The van der Waals surface area contributed by atoms with Crippen LogP contribution in [-0.2, 0) is 16.8 Å². The average Bonchev–Trinajstić information content (AvgIpc) is 2.59. The van der Waals surface area contributed by atoms with E-state index in [-0.39, 0.29) is 41.2 Å². The summed E-state index contributed by atoms with van der Waals surface area (Å²) in [5, 5.41) is 13.3. The number of nitrogens with one attached hydrogen (secondary N) is 1. The van der Waals surface area contributed by atoms with Crippen LogP contribution in [0.4, 0.5) is 0 Å². The van der Waals surface area contributed by atoms with E-state index >= 15 is 0 Å². The van der Waals surface area contributed by atoms with E-state index in [1.165, 1.54) is 6.42 Å². The highest BCUT2D eigenvalue weighted by Gasteiger charge is 2.27. The average molecular weight is 366 g/mol. The number of phenolic OH excluding ortho intramolecular Hbond substituents is 1. The van der Waals surface area contributed by atoms with Crippen molar-refractivity contribution in [3.8, 4) is 5.75 Å². The number of Topliss-reactive ketones (excluding diaryl/α,β-unsaturated/α-hetero) is 1. The Kier molecular flexibility index (Phi) is 6.50. The molecule has 1 amide bonds. The fraction of sp³-hybridized carbons (Fsp3) is 0.600. The van der Waals surface area contributed by atoms with Crippen LogP contribution in [0.15, 0.2) is 12.1 Å². The largest absolute Gasteiger partial charge is 0.507 e. The molecule has 0 heterocycles. The topological polar surface area (TPSA) is 66.4 Å². The molecule has 4 nitrogen and oxygen atoms in total. The second-order valence-electron chi connectivity index (χ2n) is 7.89. The zero-order chi connectivity index (χ0) is 18.6. The maximum atomic E-state index is 13.0. The lowest BCUT2D eigenvalue weighted by Gasteiger charge is -2.25. The molecule has 2 rings (SSSR count). The third kappa shape index (κ3) is 4.97. The van der Waals surface area contributed by atoms with Crippen LogP contribution in [0.2, 0.25) is 0 Å². The highest BCUT2D eigenvalue weighted by molar-refractivity contribution is 6.27. The molecule has 2 N–H and O–H groups in total. The van der Waals surface area contributed by atoms with Crippen LogP contribution in [0.5, 0.6) is 5.75 Å². The fourth-order valence-corrected chi connectivity index (χ4v) is 3.37. The maximum Gasteiger partial charge on any atom is 0.235 e. The number of halogens is 1. The number of rotatable bonds is 5. The summed E-state index contributed by atoms with van der Waals surface area (Å²) >= 11 is 5.52. The summed E-state index contributed by atoms with van der Waals surface area (Å²) in [6.07, 6.45) is 5.07. The molecular formula is C20H28ClNO3. The Hall–Kier alpha value is -1.55. The van der Waals surface area contributed by atoms with Crippen molar-refractivity contribution in [3.63, 3.8) is 0 Å². The van der Waals surface area contributed by atoms with Crippen molar-refractivity contribution in [2.75, 3.05) is 5.88 Å². The molecule has 0 unspecified atom stereocenters. The van der Waals surface area contributed by atoms with Crippen molar-refractivity contribution in [2.45, 2.75) is 64.8 Å². The van der Waals surface area contributed by atoms with Crippen LogP contribution >= 0.6 is 11.6 Å². The molecule has 0 atom stereocenters. The molecule has 138 valence electrons. The van der Waals surface area contributed by atoms with Gasteiger partial charge >= 0.3 is 0 Å². The van der Waals surface area contributed by atoms with Gasteiger partial charge in [0.15, 0.2) is 5.78 Å². The Labute approximate surface area is 155 Å². The Balaban J connectivity index is 2.39. The van der Waals surface area contributed by atoms with Gasteiger partial charge in [-0.25, -0.2) is 0 Å². The summed E-state index contributed by atoms with van der Waals surface area (Å²) in [5.74, 6) is -0.442. The number of phenols is 1. The molecule has 25 heavy (non-hydrogen) atoms. The van der Waals surface area contributed by atoms with Gasteiger partial charge in [-0.2, -0.15) is 0 Å².